The highest BCUT2D eigenvalue weighted by atomic mass is 19.3. The summed E-state index contributed by atoms with van der Waals surface area (Å²) in [6, 6.07) is 10.3. The smallest absolute Gasteiger partial charge is 0.248 e. The summed E-state index contributed by atoms with van der Waals surface area (Å²) in [6.45, 7) is 0. The zero-order valence-electron chi connectivity index (χ0n) is 11.9. The lowest BCUT2D eigenvalue weighted by molar-refractivity contribution is -0.0623. The molecular weight excluding hydrogens is 256 g/mol. The molecular formula is C17H23F2N. The maximum atomic E-state index is 13.5. The molecule has 1 nitrogen and oxygen atoms in total. The molecule has 110 valence electrons. The lowest BCUT2D eigenvalue weighted by atomic mass is 9.58. The number of halogens is 2. The molecule has 2 aliphatic rings. The maximum Gasteiger partial charge on any atom is 0.248 e. The van der Waals surface area contributed by atoms with Crippen LogP contribution >= 0.6 is 0 Å². The van der Waals surface area contributed by atoms with Gasteiger partial charge in [0.1, 0.15) is 0 Å². The summed E-state index contributed by atoms with van der Waals surface area (Å²) >= 11 is 0. The van der Waals surface area contributed by atoms with E-state index >= 15 is 0 Å². The van der Waals surface area contributed by atoms with Crippen LogP contribution in [0.4, 0.5) is 8.78 Å². The molecule has 0 atom stereocenters. The average molecular weight is 279 g/mol. The Morgan fingerprint density at radius 1 is 0.800 bits per heavy atom. The highest BCUT2D eigenvalue weighted by Gasteiger charge is 2.54. The van der Waals surface area contributed by atoms with Crippen LogP contribution in [0.5, 0.6) is 0 Å². The second-order valence-corrected chi connectivity index (χ2v) is 6.67. The molecule has 1 aromatic rings. The van der Waals surface area contributed by atoms with Gasteiger partial charge in [0.05, 0.1) is 0 Å². The molecule has 2 saturated carbocycles. The van der Waals surface area contributed by atoms with Crippen LogP contribution in [-0.4, -0.2) is 11.5 Å². The fraction of sp³-hybridized carbons (Fsp3) is 0.647. The Balaban J connectivity index is 1.95. The number of nitrogens with two attached hydrogens (primary N) is 1. The molecule has 0 aromatic heterocycles. The quantitative estimate of drug-likeness (QED) is 0.853. The van der Waals surface area contributed by atoms with Crippen molar-refractivity contribution in [3.05, 3.63) is 35.9 Å². The van der Waals surface area contributed by atoms with Crippen molar-refractivity contribution < 1.29 is 8.78 Å². The standard InChI is InChI=1S/C17H23F2N/c18-17(19)12-10-16(20,11-13-17)15(8-4-5-9-15)14-6-2-1-3-7-14/h1-3,6-7H,4-5,8-13,20H2. The van der Waals surface area contributed by atoms with E-state index in [1.807, 2.05) is 18.2 Å². The van der Waals surface area contributed by atoms with Gasteiger partial charge in [-0.05, 0) is 31.2 Å². The summed E-state index contributed by atoms with van der Waals surface area (Å²) in [5, 5.41) is 0. The van der Waals surface area contributed by atoms with E-state index in [0.29, 0.717) is 12.8 Å². The van der Waals surface area contributed by atoms with Crippen molar-refractivity contribution in [2.24, 2.45) is 5.73 Å². The molecule has 3 rings (SSSR count). The molecule has 0 bridgehead atoms. The average Bonchev–Trinajstić information content (AvgIpc) is 2.95. The lowest BCUT2D eigenvalue weighted by Gasteiger charge is -2.50. The zero-order chi connectivity index (χ0) is 14.3. The monoisotopic (exact) mass is 279 g/mol. The Labute approximate surface area is 119 Å². The summed E-state index contributed by atoms with van der Waals surface area (Å²) in [4.78, 5) is 0. The molecule has 0 amide bonds. The van der Waals surface area contributed by atoms with E-state index in [-0.39, 0.29) is 18.3 Å². The molecule has 2 N–H and O–H groups in total. The molecule has 0 aliphatic heterocycles. The van der Waals surface area contributed by atoms with Crippen LogP contribution in [0.2, 0.25) is 0 Å². The number of alkyl halides is 2. The van der Waals surface area contributed by atoms with Gasteiger partial charge in [-0.1, -0.05) is 43.2 Å². The van der Waals surface area contributed by atoms with Crippen LogP contribution in [0.3, 0.4) is 0 Å². The second-order valence-electron chi connectivity index (χ2n) is 6.67. The summed E-state index contributed by atoms with van der Waals surface area (Å²) in [7, 11) is 0. The fourth-order valence-electron chi connectivity index (χ4n) is 4.35. The van der Waals surface area contributed by atoms with E-state index in [4.69, 9.17) is 5.73 Å². The Bertz CT molecular complexity index is 453. The van der Waals surface area contributed by atoms with Crippen LogP contribution in [0.15, 0.2) is 30.3 Å². The van der Waals surface area contributed by atoms with E-state index in [0.717, 1.165) is 25.7 Å². The lowest BCUT2D eigenvalue weighted by Crippen LogP contribution is -2.60. The molecule has 0 heterocycles. The van der Waals surface area contributed by atoms with Gasteiger partial charge < -0.3 is 5.73 Å². The first-order chi connectivity index (χ1) is 9.48. The Kier molecular flexibility index (Phi) is 3.36. The third-order valence-electron chi connectivity index (χ3n) is 5.61. The van der Waals surface area contributed by atoms with Crippen molar-refractivity contribution in [2.45, 2.75) is 68.2 Å². The topological polar surface area (TPSA) is 26.0 Å². The van der Waals surface area contributed by atoms with Gasteiger partial charge in [-0.3, -0.25) is 0 Å². The number of benzene rings is 1. The molecule has 0 saturated heterocycles. The largest absolute Gasteiger partial charge is 0.324 e. The summed E-state index contributed by atoms with van der Waals surface area (Å²) in [6.07, 6.45) is 5.16. The van der Waals surface area contributed by atoms with Crippen molar-refractivity contribution >= 4 is 0 Å². The van der Waals surface area contributed by atoms with Gasteiger partial charge in [0, 0.05) is 23.8 Å². The molecule has 1 aromatic carbocycles. The van der Waals surface area contributed by atoms with Crippen molar-refractivity contribution in [2.75, 3.05) is 0 Å². The highest BCUT2D eigenvalue weighted by Crippen LogP contribution is 2.54. The minimum Gasteiger partial charge on any atom is -0.324 e. The first kappa shape index (κ1) is 14.0. The van der Waals surface area contributed by atoms with E-state index in [1.165, 1.54) is 5.56 Å². The summed E-state index contributed by atoms with van der Waals surface area (Å²) in [5.41, 5.74) is 7.42. The molecule has 2 fully saturated rings. The van der Waals surface area contributed by atoms with E-state index in [1.54, 1.807) is 0 Å². The van der Waals surface area contributed by atoms with Crippen molar-refractivity contribution in [1.29, 1.82) is 0 Å². The first-order valence-electron chi connectivity index (χ1n) is 7.70. The fourth-order valence-corrected chi connectivity index (χ4v) is 4.35. The normalized spacial score (nSPS) is 27.4. The minimum absolute atomic E-state index is 0.0575. The summed E-state index contributed by atoms with van der Waals surface area (Å²) in [5.74, 6) is -2.51. The van der Waals surface area contributed by atoms with Gasteiger partial charge in [-0.15, -0.1) is 0 Å². The summed E-state index contributed by atoms with van der Waals surface area (Å²) < 4.78 is 27.0. The van der Waals surface area contributed by atoms with E-state index in [2.05, 4.69) is 12.1 Å². The molecule has 3 heteroatoms. The van der Waals surface area contributed by atoms with Gasteiger partial charge in [0.2, 0.25) is 5.92 Å². The van der Waals surface area contributed by atoms with Crippen molar-refractivity contribution in [1.82, 2.24) is 0 Å². The number of rotatable bonds is 2. The number of hydrogen-bond donors (Lipinski definition) is 1. The Hall–Kier alpha value is -0.960. The molecule has 0 unspecified atom stereocenters. The van der Waals surface area contributed by atoms with Gasteiger partial charge in [0.25, 0.3) is 0 Å². The highest BCUT2D eigenvalue weighted by molar-refractivity contribution is 5.33. The van der Waals surface area contributed by atoms with Crippen LogP contribution in [0.1, 0.15) is 56.9 Å². The Morgan fingerprint density at radius 2 is 1.35 bits per heavy atom. The van der Waals surface area contributed by atoms with Crippen molar-refractivity contribution in [3.63, 3.8) is 0 Å². The van der Waals surface area contributed by atoms with Gasteiger partial charge in [-0.25, -0.2) is 8.78 Å². The van der Waals surface area contributed by atoms with Gasteiger partial charge >= 0.3 is 0 Å². The van der Waals surface area contributed by atoms with Crippen LogP contribution in [-0.2, 0) is 5.41 Å². The van der Waals surface area contributed by atoms with E-state index < -0.39 is 11.5 Å². The SMILES string of the molecule is NC1(C2(c3ccccc3)CCCC2)CCC(F)(F)CC1. The van der Waals surface area contributed by atoms with Crippen molar-refractivity contribution in [3.8, 4) is 0 Å². The van der Waals surface area contributed by atoms with Crippen LogP contribution < -0.4 is 5.73 Å². The second kappa shape index (κ2) is 4.80. The van der Waals surface area contributed by atoms with Gasteiger partial charge in [0.15, 0.2) is 0 Å². The maximum absolute atomic E-state index is 13.5. The predicted molar refractivity (Wildman–Crippen MR) is 76.9 cm³/mol. The molecule has 20 heavy (non-hydrogen) atoms. The predicted octanol–water partition coefficient (Wildman–Crippen LogP) is 4.41. The molecule has 0 spiro atoms. The van der Waals surface area contributed by atoms with Gasteiger partial charge in [-0.2, -0.15) is 0 Å². The van der Waals surface area contributed by atoms with Crippen LogP contribution in [0.25, 0.3) is 0 Å². The third kappa shape index (κ3) is 2.16. The zero-order valence-corrected chi connectivity index (χ0v) is 11.9. The first-order valence-corrected chi connectivity index (χ1v) is 7.70. The molecule has 2 aliphatic carbocycles. The Morgan fingerprint density at radius 3 is 1.90 bits per heavy atom. The number of hydrogen-bond acceptors (Lipinski definition) is 1. The molecule has 0 radical (unpaired) electrons. The van der Waals surface area contributed by atoms with Crippen LogP contribution in [0, 0.1) is 0 Å². The minimum atomic E-state index is -2.51. The third-order valence-corrected chi connectivity index (χ3v) is 5.61. The van der Waals surface area contributed by atoms with E-state index in [9.17, 15) is 8.78 Å².